The van der Waals surface area contributed by atoms with E-state index in [1.165, 1.54) is 0 Å². The van der Waals surface area contributed by atoms with Gasteiger partial charge in [0.2, 0.25) is 0 Å². The van der Waals surface area contributed by atoms with E-state index in [-0.39, 0.29) is 12.8 Å². The molecular formula is C14H24N2O6. The maximum atomic E-state index is 11.5. The van der Waals surface area contributed by atoms with Crippen molar-refractivity contribution < 1.29 is 30.2 Å². The second-order valence-electron chi connectivity index (χ2n) is 6.33. The summed E-state index contributed by atoms with van der Waals surface area (Å²) in [7, 11) is 0. The average Bonchev–Trinajstić information content (AvgIpc) is 3.00. The van der Waals surface area contributed by atoms with Crippen LogP contribution in [0.4, 0.5) is 0 Å². The number of hydrogen-bond acceptors (Lipinski definition) is 6. The first-order valence-corrected chi connectivity index (χ1v) is 7.75. The van der Waals surface area contributed by atoms with Crippen LogP contribution >= 0.6 is 0 Å². The Morgan fingerprint density at radius 2 is 1.18 bits per heavy atom. The lowest BCUT2D eigenvalue weighted by molar-refractivity contribution is -0.189. The van der Waals surface area contributed by atoms with Gasteiger partial charge in [-0.2, -0.15) is 10.1 Å². The molecule has 8 nitrogen and oxygen atoms in total. The standard InChI is InChI=1S/C14H24N2O6/c17-11(18)13(7-3-9-15(13)21)5-1-2-6-14(12(19)20)8-4-10-16(14)22/h21-22H,1-10H2,(H,17,18)(H,19,20). The van der Waals surface area contributed by atoms with Crippen molar-refractivity contribution in [2.45, 2.75) is 62.4 Å². The van der Waals surface area contributed by atoms with Crippen LogP contribution in [0.3, 0.4) is 0 Å². The molecule has 126 valence electrons. The number of carbonyl (C=O) groups is 2. The van der Waals surface area contributed by atoms with E-state index in [1.54, 1.807) is 0 Å². The number of carboxylic acid groups (broad SMARTS) is 2. The Hall–Kier alpha value is -1.22. The molecule has 2 unspecified atom stereocenters. The lowest BCUT2D eigenvalue weighted by Gasteiger charge is -2.32. The van der Waals surface area contributed by atoms with E-state index in [0.29, 0.717) is 51.6 Å². The molecule has 2 atom stereocenters. The smallest absolute Gasteiger partial charge is 0.326 e. The van der Waals surface area contributed by atoms with Crippen LogP contribution in [-0.2, 0) is 9.59 Å². The van der Waals surface area contributed by atoms with Crippen molar-refractivity contribution in [1.82, 2.24) is 10.1 Å². The molecule has 0 aromatic rings. The Balaban J connectivity index is 1.91. The molecule has 0 spiro atoms. The lowest BCUT2D eigenvalue weighted by atomic mass is 9.86. The van der Waals surface area contributed by atoms with Crippen LogP contribution in [-0.4, -0.2) is 66.9 Å². The highest BCUT2D eigenvalue weighted by Crippen LogP contribution is 2.36. The van der Waals surface area contributed by atoms with Crippen molar-refractivity contribution >= 4 is 11.9 Å². The fourth-order valence-corrected chi connectivity index (χ4v) is 3.72. The Bertz CT molecular complexity index is 405. The predicted molar refractivity (Wildman–Crippen MR) is 74.7 cm³/mol. The van der Waals surface area contributed by atoms with Crippen LogP contribution in [0, 0.1) is 0 Å². The first kappa shape index (κ1) is 17.1. The number of aliphatic carboxylic acids is 2. The fourth-order valence-electron chi connectivity index (χ4n) is 3.72. The summed E-state index contributed by atoms with van der Waals surface area (Å²) in [6, 6.07) is 0. The fraction of sp³-hybridized carbons (Fsp3) is 0.857. The van der Waals surface area contributed by atoms with Crippen LogP contribution in [0.25, 0.3) is 0 Å². The molecule has 0 amide bonds. The van der Waals surface area contributed by atoms with E-state index in [2.05, 4.69) is 0 Å². The van der Waals surface area contributed by atoms with Crippen LogP contribution in [0.2, 0.25) is 0 Å². The van der Waals surface area contributed by atoms with Gasteiger partial charge in [-0.1, -0.05) is 12.8 Å². The van der Waals surface area contributed by atoms with E-state index >= 15 is 0 Å². The van der Waals surface area contributed by atoms with Gasteiger partial charge in [-0.25, -0.2) is 0 Å². The number of hydroxylamine groups is 4. The molecule has 4 N–H and O–H groups in total. The highest BCUT2D eigenvalue weighted by molar-refractivity contribution is 5.79. The topological polar surface area (TPSA) is 122 Å². The lowest BCUT2D eigenvalue weighted by Crippen LogP contribution is -2.50. The second kappa shape index (κ2) is 6.49. The highest BCUT2D eigenvalue weighted by Gasteiger charge is 2.49. The zero-order chi connectivity index (χ0) is 16.4. The van der Waals surface area contributed by atoms with Crippen molar-refractivity contribution in [3.8, 4) is 0 Å². The molecule has 8 heteroatoms. The van der Waals surface area contributed by atoms with Gasteiger partial charge in [0, 0.05) is 13.1 Å². The zero-order valence-corrected chi connectivity index (χ0v) is 12.6. The van der Waals surface area contributed by atoms with Gasteiger partial charge in [0.25, 0.3) is 0 Å². The van der Waals surface area contributed by atoms with E-state index in [1.807, 2.05) is 0 Å². The number of nitrogens with zero attached hydrogens (tertiary/aromatic N) is 2. The summed E-state index contributed by atoms with van der Waals surface area (Å²) >= 11 is 0. The zero-order valence-electron chi connectivity index (χ0n) is 12.6. The quantitative estimate of drug-likeness (QED) is 0.516. The first-order chi connectivity index (χ1) is 10.3. The van der Waals surface area contributed by atoms with Crippen LogP contribution in [0.15, 0.2) is 0 Å². The van der Waals surface area contributed by atoms with E-state index in [0.717, 1.165) is 10.1 Å². The van der Waals surface area contributed by atoms with Crippen LogP contribution < -0.4 is 0 Å². The third-order valence-electron chi connectivity index (χ3n) is 5.14. The Morgan fingerprint density at radius 3 is 1.41 bits per heavy atom. The summed E-state index contributed by atoms with van der Waals surface area (Å²) in [6.45, 7) is 0.686. The number of rotatable bonds is 7. The summed E-state index contributed by atoms with van der Waals surface area (Å²) in [5, 5.41) is 40.2. The molecule has 0 saturated carbocycles. The molecule has 2 heterocycles. The van der Waals surface area contributed by atoms with E-state index in [4.69, 9.17) is 0 Å². The summed E-state index contributed by atoms with van der Waals surface area (Å²) in [5.41, 5.74) is -2.49. The first-order valence-electron chi connectivity index (χ1n) is 7.75. The molecule has 0 aromatic carbocycles. The molecule has 22 heavy (non-hydrogen) atoms. The molecule has 2 aliphatic heterocycles. The monoisotopic (exact) mass is 316 g/mol. The van der Waals surface area contributed by atoms with Crippen LogP contribution in [0.1, 0.15) is 51.4 Å². The Morgan fingerprint density at radius 1 is 0.818 bits per heavy atom. The molecule has 0 aliphatic carbocycles. The number of carboxylic acids is 2. The normalized spacial score (nSPS) is 33.4. The molecule has 2 fully saturated rings. The number of hydrogen-bond donors (Lipinski definition) is 4. The van der Waals surface area contributed by atoms with E-state index in [9.17, 15) is 30.2 Å². The Labute approximate surface area is 128 Å². The summed E-state index contributed by atoms with van der Waals surface area (Å²) in [4.78, 5) is 22.9. The third-order valence-corrected chi connectivity index (χ3v) is 5.14. The molecule has 2 rings (SSSR count). The third kappa shape index (κ3) is 2.83. The molecular weight excluding hydrogens is 292 g/mol. The van der Waals surface area contributed by atoms with Gasteiger partial charge in [0.05, 0.1) is 0 Å². The summed E-state index contributed by atoms with van der Waals surface area (Å²) < 4.78 is 0. The molecule has 2 saturated heterocycles. The summed E-state index contributed by atoms with van der Waals surface area (Å²) in [5.74, 6) is -2.07. The maximum absolute atomic E-state index is 11.5. The Kier molecular flexibility index (Phi) is 5.06. The van der Waals surface area contributed by atoms with Crippen molar-refractivity contribution in [3.05, 3.63) is 0 Å². The summed E-state index contributed by atoms with van der Waals surface area (Å²) in [6.07, 6.45) is 3.60. The molecule has 2 aliphatic rings. The van der Waals surface area contributed by atoms with Crippen molar-refractivity contribution in [1.29, 1.82) is 0 Å². The second-order valence-corrected chi connectivity index (χ2v) is 6.33. The van der Waals surface area contributed by atoms with Gasteiger partial charge >= 0.3 is 11.9 Å². The molecule has 0 radical (unpaired) electrons. The average molecular weight is 316 g/mol. The minimum Gasteiger partial charge on any atom is -0.480 e. The predicted octanol–water partition coefficient (Wildman–Crippen LogP) is 1.16. The van der Waals surface area contributed by atoms with Gasteiger partial charge < -0.3 is 20.6 Å². The van der Waals surface area contributed by atoms with Crippen molar-refractivity contribution in [3.63, 3.8) is 0 Å². The van der Waals surface area contributed by atoms with Gasteiger partial charge in [-0.3, -0.25) is 9.59 Å². The SMILES string of the molecule is O=C(O)C1(CCCCC2(C(=O)O)CCCN2O)CCCN1O. The van der Waals surface area contributed by atoms with Crippen molar-refractivity contribution in [2.24, 2.45) is 0 Å². The number of unbranched alkanes of at least 4 members (excludes halogenated alkanes) is 1. The van der Waals surface area contributed by atoms with Gasteiger partial charge in [0.15, 0.2) is 0 Å². The van der Waals surface area contributed by atoms with E-state index < -0.39 is 23.0 Å². The van der Waals surface area contributed by atoms with Crippen molar-refractivity contribution in [2.75, 3.05) is 13.1 Å². The molecule has 0 bridgehead atoms. The minimum absolute atomic E-state index is 0.278. The largest absolute Gasteiger partial charge is 0.480 e. The minimum atomic E-state index is -1.25. The van der Waals surface area contributed by atoms with Gasteiger partial charge in [0.1, 0.15) is 11.1 Å². The van der Waals surface area contributed by atoms with Crippen LogP contribution in [0.5, 0.6) is 0 Å². The van der Waals surface area contributed by atoms with Gasteiger partial charge in [-0.05, 0) is 38.5 Å². The van der Waals surface area contributed by atoms with Gasteiger partial charge in [-0.15, -0.1) is 0 Å². The highest BCUT2D eigenvalue weighted by atomic mass is 16.5. The molecule has 0 aromatic heterocycles. The maximum Gasteiger partial charge on any atom is 0.326 e.